The Labute approximate surface area is 202 Å². The average Bonchev–Trinajstić information content (AvgIpc) is 3.48. The van der Waals surface area contributed by atoms with Crippen LogP contribution in [0.5, 0.6) is 5.75 Å². The van der Waals surface area contributed by atoms with E-state index in [1.165, 1.54) is 29.5 Å². The third kappa shape index (κ3) is 4.48. The molecule has 0 spiro atoms. The molecule has 172 valence electrons. The van der Waals surface area contributed by atoms with Crippen LogP contribution in [-0.2, 0) is 11.2 Å². The molecule has 0 bridgehead atoms. The predicted molar refractivity (Wildman–Crippen MR) is 134 cm³/mol. The van der Waals surface area contributed by atoms with Gasteiger partial charge in [-0.1, -0.05) is 42.1 Å². The highest BCUT2D eigenvalue weighted by molar-refractivity contribution is 8.15. The van der Waals surface area contributed by atoms with E-state index in [2.05, 4.69) is 11.1 Å². The van der Waals surface area contributed by atoms with E-state index in [0.717, 1.165) is 39.7 Å². The average molecular weight is 474 g/mol. The van der Waals surface area contributed by atoms with Crippen molar-refractivity contribution in [3.05, 3.63) is 95.3 Å². The normalized spacial score (nSPS) is 17.7. The molecule has 3 aromatic carbocycles. The number of carbonyl (C=O) groups excluding carboxylic acids is 1. The topological polar surface area (TPSA) is 54.3 Å². The molecule has 5 nitrogen and oxygen atoms in total. The van der Waals surface area contributed by atoms with Crippen LogP contribution in [0.1, 0.15) is 36.1 Å². The van der Waals surface area contributed by atoms with Crippen molar-refractivity contribution in [2.45, 2.75) is 31.1 Å². The van der Waals surface area contributed by atoms with Crippen molar-refractivity contribution in [3.8, 4) is 5.75 Å². The maximum Gasteiger partial charge on any atom is 0.256 e. The molecule has 0 N–H and O–H groups in total. The first kappa shape index (κ1) is 22.3. The van der Waals surface area contributed by atoms with Gasteiger partial charge in [0.25, 0.3) is 5.91 Å². The molecule has 0 aromatic heterocycles. The smallest absolute Gasteiger partial charge is 0.256 e. The second-order valence-electron chi connectivity index (χ2n) is 8.30. The Kier molecular flexibility index (Phi) is 6.20. The Bertz CT molecular complexity index is 1270. The van der Waals surface area contributed by atoms with Gasteiger partial charge in [0.2, 0.25) is 0 Å². The summed E-state index contributed by atoms with van der Waals surface area (Å²) in [6, 6.07) is 21.7. The molecule has 0 fully saturated rings. The van der Waals surface area contributed by atoms with Crippen LogP contribution in [0.3, 0.4) is 0 Å². The van der Waals surface area contributed by atoms with E-state index in [1.54, 1.807) is 24.3 Å². The van der Waals surface area contributed by atoms with Crippen molar-refractivity contribution in [2.24, 2.45) is 10.1 Å². The number of carbonyl (C=O) groups is 1. The van der Waals surface area contributed by atoms with E-state index < -0.39 is 0 Å². The number of rotatable bonds is 5. The number of thioether (sulfide) groups is 1. The molecule has 2 aliphatic heterocycles. The quantitative estimate of drug-likeness (QED) is 0.462. The summed E-state index contributed by atoms with van der Waals surface area (Å²) in [5, 5.41) is 6.87. The zero-order valence-electron chi connectivity index (χ0n) is 18.9. The van der Waals surface area contributed by atoms with Gasteiger partial charge in [-0.15, -0.1) is 0 Å². The van der Waals surface area contributed by atoms with Crippen molar-refractivity contribution < 1.29 is 13.9 Å². The summed E-state index contributed by atoms with van der Waals surface area (Å²) < 4.78 is 18.8. The van der Waals surface area contributed by atoms with Crippen LogP contribution in [0.15, 0.2) is 82.9 Å². The second kappa shape index (κ2) is 9.43. The Balaban J connectivity index is 1.39. The minimum atomic E-state index is -0.366. The first-order chi connectivity index (χ1) is 16.5. The number of halogens is 1. The van der Waals surface area contributed by atoms with Gasteiger partial charge in [-0.25, -0.2) is 14.4 Å². The number of ether oxygens (including phenoxy) is 1. The van der Waals surface area contributed by atoms with Crippen LogP contribution < -0.4 is 4.74 Å². The molecule has 3 aromatic rings. The lowest BCUT2D eigenvalue weighted by atomic mass is 9.98. The van der Waals surface area contributed by atoms with E-state index in [9.17, 15) is 9.18 Å². The minimum absolute atomic E-state index is 0.0958. The number of hydrogen-bond donors (Lipinski definition) is 0. The molecule has 2 unspecified atom stereocenters. The molecule has 2 heterocycles. The van der Waals surface area contributed by atoms with Crippen LogP contribution in [0.2, 0.25) is 0 Å². The van der Waals surface area contributed by atoms with Crippen LogP contribution in [0.4, 0.5) is 10.1 Å². The fourth-order valence-corrected chi connectivity index (χ4v) is 5.24. The SMILES string of the molecule is COc1ccc(C2=NN(C(=O)C(C)SC3=Nc4ccccc4C3)C(c3ccc(F)cc3)C2)cc1. The monoisotopic (exact) mass is 473 g/mol. The molecular weight excluding hydrogens is 449 g/mol. The van der Waals surface area contributed by atoms with Gasteiger partial charge in [-0.2, -0.15) is 5.10 Å². The Morgan fingerprint density at radius 1 is 1.09 bits per heavy atom. The molecule has 5 rings (SSSR count). The number of amides is 1. The van der Waals surface area contributed by atoms with E-state index in [4.69, 9.17) is 9.84 Å². The van der Waals surface area contributed by atoms with Gasteiger partial charge in [0.05, 0.1) is 34.8 Å². The van der Waals surface area contributed by atoms with Gasteiger partial charge >= 0.3 is 0 Å². The third-order valence-corrected chi connectivity index (χ3v) is 7.12. The first-order valence-electron chi connectivity index (χ1n) is 11.1. The van der Waals surface area contributed by atoms with Gasteiger partial charge in [-0.05, 0) is 66.1 Å². The van der Waals surface area contributed by atoms with Crippen LogP contribution in [0.25, 0.3) is 0 Å². The van der Waals surface area contributed by atoms with Crippen molar-refractivity contribution in [3.63, 3.8) is 0 Å². The highest BCUT2D eigenvalue weighted by atomic mass is 32.2. The molecule has 0 aliphatic carbocycles. The highest BCUT2D eigenvalue weighted by Gasteiger charge is 2.36. The number of para-hydroxylation sites is 1. The minimum Gasteiger partial charge on any atom is -0.497 e. The fourth-order valence-electron chi connectivity index (χ4n) is 4.23. The summed E-state index contributed by atoms with van der Waals surface area (Å²) in [4.78, 5) is 18.3. The summed E-state index contributed by atoms with van der Waals surface area (Å²) in [6.45, 7) is 1.89. The molecule has 0 saturated carbocycles. The molecule has 2 atom stereocenters. The van der Waals surface area contributed by atoms with Crippen LogP contribution >= 0.6 is 11.8 Å². The van der Waals surface area contributed by atoms with E-state index in [-0.39, 0.29) is 23.0 Å². The molecule has 7 heteroatoms. The van der Waals surface area contributed by atoms with Gasteiger partial charge in [0.1, 0.15) is 11.6 Å². The number of fused-ring (bicyclic) bond motifs is 1. The third-order valence-electron chi connectivity index (χ3n) is 6.05. The maximum absolute atomic E-state index is 13.6. The molecular formula is C27H24FN3O2S. The predicted octanol–water partition coefficient (Wildman–Crippen LogP) is 5.92. The molecule has 0 saturated heterocycles. The Morgan fingerprint density at radius 3 is 2.53 bits per heavy atom. The summed E-state index contributed by atoms with van der Waals surface area (Å²) in [5.74, 6) is 0.355. The highest BCUT2D eigenvalue weighted by Crippen LogP contribution is 2.36. The van der Waals surface area contributed by atoms with E-state index >= 15 is 0 Å². The number of benzene rings is 3. The van der Waals surface area contributed by atoms with Crippen molar-refractivity contribution in [1.29, 1.82) is 0 Å². The maximum atomic E-state index is 13.6. The number of methoxy groups -OCH3 is 1. The van der Waals surface area contributed by atoms with Crippen LogP contribution in [-0.4, -0.2) is 34.0 Å². The summed E-state index contributed by atoms with van der Waals surface area (Å²) >= 11 is 1.47. The number of hydrogen-bond acceptors (Lipinski definition) is 5. The van der Waals surface area contributed by atoms with E-state index in [1.807, 2.05) is 49.4 Å². The molecule has 34 heavy (non-hydrogen) atoms. The summed E-state index contributed by atoms with van der Waals surface area (Å²) in [6.07, 6.45) is 1.29. The van der Waals surface area contributed by atoms with Crippen molar-refractivity contribution in [1.82, 2.24) is 5.01 Å². The zero-order valence-corrected chi connectivity index (χ0v) is 19.8. The Morgan fingerprint density at radius 2 is 1.82 bits per heavy atom. The number of nitrogens with zero attached hydrogens (tertiary/aromatic N) is 3. The lowest BCUT2D eigenvalue weighted by molar-refractivity contribution is -0.132. The summed E-state index contributed by atoms with van der Waals surface area (Å²) in [7, 11) is 1.62. The lowest BCUT2D eigenvalue weighted by Crippen LogP contribution is -2.33. The van der Waals surface area contributed by atoms with E-state index in [0.29, 0.717) is 6.42 Å². The lowest BCUT2D eigenvalue weighted by Gasteiger charge is -2.24. The molecule has 2 aliphatic rings. The Hall–Kier alpha value is -3.45. The molecule has 1 amide bonds. The molecule has 0 radical (unpaired) electrons. The van der Waals surface area contributed by atoms with Gasteiger partial charge in [0, 0.05) is 12.8 Å². The van der Waals surface area contributed by atoms with Crippen LogP contribution in [0, 0.1) is 5.82 Å². The summed E-state index contributed by atoms with van der Waals surface area (Å²) in [5.41, 5.74) is 4.74. The number of hydrazone groups is 1. The second-order valence-corrected chi connectivity index (χ2v) is 9.71. The number of aliphatic imine (C=N–C) groups is 1. The van der Waals surface area contributed by atoms with Gasteiger partial charge in [0.15, 0.2) is 0 Å². The largest absolute Gasteiger partial charge is 0.497 e. The fraction of sp³-hybridized carbons (Fsp3) is 0.222. The van der Waals surface area contributed by atoms with Crippen molar-refractivity contribution in [2.75, 3.05) is 7.11 Å². The van der Waals surface area contributed by atoms with Gasteiger partial charge in [-0.3, -0.25) is 4.79 Å². The first-order valence-corrected chi connectivity index (χ1v) is 12.0. The van der Waals surface area contributed by atoms with Gasteiger partial charge < -0.3 is 4.74 Å². The van der Waals surface area contributed by atoms with Crippen molar-refractivity contribution >= 4 is 34.1 Å². The standard InChI is InChI=1S/C27H24FN3O2S/c1-17(34-26-15-20-5-3-4-6-23(20)29-26)27(32)31-25(19-7-11-21(28)12-8-19)16-24(30-31)18-9-13-22(33-2)14-10-18/h3-14,17,25H,15-16H2,1-2H3. The zero-order chi connectivity index (χ0) is 23.7.